The fourth-order valence-electron chi connectivity index (χ4n) is 2.13. The van der Waals surface area contributed by atoms with Gasteiger partial charge in [0.25, 0.3) is 0 Å². The number of sulfone groups is 1. The maximum absolute atomic E-state index is 12.9. The number of nitrogens with two attached hydrogens (primary N) is 1. The van der Waals surface area contributed by atoms with Gasteiger partial charge in [0.15, 0.2) is 9.84 Å². The normalized spacial score (nSPS) is 12.2. The number of benzene rings is 2. The zero-order chi connectivity index (χ0) is 19.7. The van der Waals surface area contributed by atoms with Crippen LogP contribution in [0.3, 0.4) is 0 Å². The van der Waals surface area contributed by atoms with E-state index in [1.54, 1.807) is 0 Å². The highest BCUT2D eigenvalue weighted by molar-refractivity contribution is 7.90. The number of alkyl halides is 4. The van der Waals surface area contributed by atoms with E-state index in [-0.39, 0.29) is 21.6 Å². The molecule has 0 atom stereocenters. The van der Waals surface area contributed by atoms with Crippen LogP contribution >= 0.6 is 0 Å². The molecule has 2 aromatic carbocycles. The Bertz CT molecular complexity index is 928. The van der Waals surface area contributed by atoms with Crippen LogP contribution in [0.2, 0.25) is 0 Å². The molecule has 0 saturated heterocycles. The van der Waals surface area contributed by atoms with Crippen LogP contribution in [-0.2, 0) is 9.84 Å². The Hall–Kier alpha value is -2.62. The van der Waals surface area contributed by atoms with Crippen molar-refractivity contribution in [3.63, 3.8) is 0 Å². The molecule has 2 rings (SSSR count). The summed E-state index contributed by atoms with van der Waals surface area (Å²) in [6.07, 6.45) is -7.72. The lowest BCUT2D eigenvalue weighted by Crippen LogP contribution is -2.33. The summed E-state index contributed by atoms with van der Waals surface area (Å²) in [5, 5.41) is 0. The molecule has 140 valence electrons. The number of hydrogen-bond acceptors (Lipinski definition) is 4. The minimum Gasteiger partial charge on any atom is -0.428 e. The molecule has 0 aliphatic carbocycles. The summed E-state index contributed by atoms with van der Waals surface area (Å²) in [4.78, 5) is 11.0. The molecule has 0 unspecified atom stereocenters. The van der Waals surface area contributed by atoms with Crippen LogP contribution in [-0.4, -0.2) is 33.1 Å². The summed E-state index contributed by atoms with van der Waals surface area (Å²) in [5.41, 5.74) is 5.58. The Morgan fingerprint density at radius 3 is 2.15 bits per heavy atom. The van der Waals surface area contributed by atoms with Gasteiger partial charge in [-0.2, -0.15) is 17.6 Å². The topological polar surface area (TPSA) is 86.5 Å². The highest BCUT2D eigenvalue weighted by atomic mass is 32.2. The van der Waals surface area contributed by atoms with E-state index in [1.165, 1.54) is 24.3 Å². The smallest absolute Gasteiger partial charge is 0.428 e. The Morgan fingerprint density at radius 1 is 1.12 bits per heavy atom. The molecule has 0 spiro atoms. The van der Waals surface area contributed by atoms with E-state index in [9.17, 15) is 30.8 Å². The molecule has 0 fully saturated rings. The first-order chi connectivity index (χ1) is 11.9. The number of ether oxygens (including phenoxy) is 1. The van der Waals surface area contributed by atoms with Gasteiger partial charge in [0.1, 0.15) is 5.75 Å². The van der Waals surface area contributed by atoms with Crippen LogP contribution in [0.5, 0.6) is 5.75 Å². The van der Waals surface area contributed by atoms with E-state index in [1.807, 2.05) is 0 Å². The standard InChI is InChI=1S/C16H13F4NO4S/c1-26(23,24)13-8-10(14(21)22)4-7-12(13)9-2-5-11(6-3-9)25-16(19,20)15(17)18/h2-8,15H,1H3,(H2,21,22). The van der Waals surface area contributed by atoms with Gasteiger partial charge in [-0.1, -0.05) is 18.2 Å². The monoisotopic (exact) mass is 391 g/mol. The molecule has 0 aliphatic heterocycles. The number of carbonyl (C=O) groups excluding carboxylic acids is 1. The van der Waals surface area contributed by atoms with Crippen LogP contribution in [0.4, 0.5) is 17.6 Å². The highest BCUT2D eigenvalue weighted by Crippen LogP contribution is 2.32. The molecule has 10 heteroatoms. The van der Waals surface area contributed by atoms with Gasteiger partial charge in [0.2, 0.25) is 5.91 Å². The van der Waals surface area contributed by atoms with Crippen LogP contribution in [0.25, 0.3) is 11.1 Å². The molecule has 0 saturated carbocycles. The first-order valence-corrected chi connectivity index (χ1v) is 8.90. The van der Waals surface area contributed by atoms with Crippen molar-refractivity contribution >= 4 is 15.7 Å². The van der Waals surface area contributed by atoms with E-state index < -0.39 is 34.0 Å². The van der Waals surface area contributed by atoms with E-state index in [0.29, 0.717) is 0 Å². The van der Waals surface area contributed by atoms with Gasteiger partial charge in [0.05, 0.1) is 4.90 Å². The van der Waals surface area contributed by atoms with E-state index >= 15 is 0 Å². The molecular formula is C16H13F4NO4S. The van der Waals surface area contributed by atoms with Gasteiger partial charge >= 0.3 is 12.5 Å². The van der Waals surface area contributed by atoms with Crippen molar-refractivity contribution in [3.8, 4) is 16.9 Å². The third-order valence-corrected chi connectivity index (χ3v) is 4.48. The number of carbonyl (C=O) groups is 1. The third-order valence-electron chi connectivity index (χ3n) is 3.34. The van der Waals surface area contributed by atoms with Crippen molar-refractivity contribution in [2.75, 3.05) is 6.26 Å². The highest BCUT2D eigenvalue weighted by Gasteiger charge is 2.43. The lowest BCUT2D eigenvalue weighted by atomic mass is 10.0. The maximum atomic E-state index is 12.9. The Morgan fingerprint density at radius 2 is 1.69 bits per heavy atom. The van der Waals surface area contributed by atoms with Crippen LogP contribution in [0.1, 0.15) is 10.4 Å². The Labute approximate surface area is 146 Å². The average Bonchev–Trinajstić information content (AvgIpc) is 2.53. The lowest BCUT2D eigenvalue weighted by Gasteiger charge is -2.17. The van der Waals surface area contributed by atoms with Gasteiger partial charge in [-0.05, 0) is 29.8 Å². The number of halogens is 4. The predicted octanol–water partition coefficient (Wildman–Crippen LogP) is 3.09. The first-order valence-electron chi connectivity index (χ1n) is 7.01. The molecule has 0 heterocycles. The summed E-state index contributed by atoms with van der Waals surface area (Å²) in [5.74, 6) is -1.34. The fourth-order valence-corrected chi connectivity index (χ4v) is 3.05. The molecule has 0 aromatic heterocycles. The summed E-state index contributed by atoms with van der Waals surface area (Å²) in [7, 11) is -3.75. The molecular weight excluding hydrogens is 378 g/mol. The van der Waals surface area contributed by atoms with Crippen molar-refractivity contribution in [1.82, 2.24) is 0 Å². The van der Waals surface area contributed by atoms with Crippen molar-refractivity contribution in [2.45, 2.75) is 17.4 Å². The van der Waals surface area contributed by atoms with Gasteiger partial charge in [-0.15, -0.1) is 0 Å². The molecule has 0 radical (unpaired) electrons. The lowest BCUT2D eigenvalue weighted by molar-refractivity contribution is -0.253. The summed E-state index contributed by atoms with van der Waals surface area (Å²) in [6, 6.07) is 8.19. The molecule has 1 amide bonds. The van der Waals surface area contributed by atoms with E-state index in [2.05, 4.69) is 4.74 Å². The van der Waals surface area contributed by atoms with E-state index in [4.69, 9.17) is 5.73 Å². The van der Waals surface area contributed by atoms with Crippen LogP contribution in [0.15, 0.2) is 47.4 Å². The van der Waals surface area contributed by atoms with Crippen molar-refractivity contribution in [2.24, 2.45) is 5.73 Å². The van der Waals surface area contributed by atoms with Gasteiger partial charge < -0.3 is 10.5 Å². The number of rotatable bonds is 6. The third kappa shape index (κ3) is 4.31. The summed E-state index contributed by atoms with van der Waals surface area (Å²) < 4.78 is 78.0. The molecule has 0 aliphatic rings. The zero-order valence-electron chi connectivity index (χ0n) is 13.2. The second-order valence-corrected chi connectivity index (χ2v) is 7.32. The van der Waals surface area contributed by atoms with Crippen molar-refractivity contribution in [1.29, 1.82) is 0 Å². The number of primary amides is 1. The van der Waals surface area contributed by atoms with Crippen LogP contribution in [0, 0.1) is 0 Å². The van der Waals surface area contributed by atoms with Crippen LogP contribution < -0.4 is 10.5 Å². The van der Waals surface area contributed by atoms with E-state index in [0.717, 1.165) is 24.5 Å². The first kappa shape index (κ1) is 19.7. The quantitative estimate of drug-likeness (QED) is 0.767. The summed E-state index contributed by atoms with van der Waals surface area (Å²) >= 11 is 0. The maximum Gasteiger partial charge on any atom is 0.461 e. The van der Waals surface area contributed by atoms with Crippen molar-refractivity contribution in [3.05, 3.63) is 48.0 Å². The molecule has 5 nitrogen and oxygen atoms in total. The number of amides is 1. The Kier molecular flexibility index (Phi) is 5.26. The molecule has 2 N–H and O–H groups in total. The fraction of sp³-hybridized carbons (Fsp3) is 0.188. The van der Waals surface area contributed by atoms with Gasteiger partial charge in [-0.25, -0.2) is 8.42 Å². The number of hydrogen-bond donors (Lipinski definition) is 1. The second kappa shape index (κ2) is 6.94. The molecule has 2 aromatic rings. The zero-order valence-corrected chi connectivity index (χ0v) is 14.1. The predicted molar refractivity (Wildman–Crippen MR) is 85.1 cm³/mol. The van der Waals surface area contributed by atoms with Crippen molar-refractivity contribution < 1.29 is 35.5 Å². The largest absolute Gasteiger partial charge is 0.461 e. The average molecular weight is 391 g/mol. The minimum atomic E-state index is -4.65. The summed E-state index contributed by atoms with van der Waals surface area (Å²) in [6.45, 7) is 0. The minimum absolute atomic E-state index is 0.0225. The van der Waals surface area contributed by atoms with Gasteiger partial charge in [0, 0.05) is 17.4 Å². The molecule has 0 bridgehead atoms. The SMILES string of the molecule is CS(=O)(=O)c1cc(C(N)=O)ccc1-c1ccc(OC(F)(F)C(F)F)cc1. The Balaban J connectivity index is 2.45. The van der Waals surface area contributed by atoms with Gasteiger partial charge in [-0.3, -0.25) is 4.79 Å². The molecule has 26 heavy (non-hydrogen) atoms. The second-order valence-electron chi connectivity index (χ2n) is 5.34.